The van der Waals surface area contributed by atoms with E-state index in [0.29, 0.717) is 24.3 Å². The number of hydrogen-bond donors (Lipinski definition) is 1. The molecule has 5 rings (SSSR count). The fraction of sp³-hybridized carbons (Fsp3) is 0.708. The first-order chi connectivity index (χ1) is 13.5. The largest absolute Gasteiger partial charge is 0.493 e. The van der Waals surface area contributed by atoms with Crippen molar-refractivity contribution < 1.29 is 14.3 Å². The molecule has 3 unspecified atom stereocenters. The first kappa shape index (κ1) is 18.5. The average Bonchev–Trinajstić information content (AvgIpc) is 3.45. The van der Waals surface area contributed by atoms with Crippen molar-refractivity contribution in [1.29, 1.82) is 0 Å². The van der Waals surface area contributed by atoms with Crippen LogP contribution in [0, 0.1) is 11.8 Å². The number of ketones is 1. The predicted molar refractivity (Wildman–Crippen MR) is 109 cm³/mol. The molecule has 4 atom stereocenters. The highest BCUT2D eigenvalue weighted by atomic mass is 16.5. The molecule has 1 aromatic rings. The number of carbonyl (C=O) groups is 1. The van der Waals surface area contributed by atoms with Crippen LogP contribution in [0.25, 0.3) is 0 Å². The van der Waals surface area contributed by atoms with Gasteiger partial charge in [0.25, 0.3) is 0 Å². The number of Topliss-reactive ketones (excluding diaryl/α,β-unsaturated/α-hetero) is 1. The zero-order valence-electron chi connectivity index (χ0n) is 17.6. The summed E-state index contributed by atoms with van der Waals surface area (Å²) in [7, 11) is 1.72. The van der Waals surface area contributed by atoms with Crippen LogP contribution in [0.3, 0.4) is 0 Å². The fourth-order valence-corrected chi connectivity index (χ4v) is 6.37. The Balaban J connectivity index is 1.70. The van der Waals surface area contributed by atoms with E-state index in [0.717, 1.165) is 43.2 Å². The second kappa shape index (κ2) is 6.48. The van der Waals surface area contributed by atoms with Crippen LogP contribution >= 0.6 is 0 Å². The Bertz CT molecular complexity index is 813. The number of ether oxygens (including phenoxy) is 2. The van der Waals surface area contributed by atoms with Crippen LogP contribution in [0.15, 0.2) is 6.07 Å². The average molecular weight is 384 g/mol. The summed E-state index contributed by atoms with van der Waals surface area (Å²) in [6.45, 7) is 7.89. The maximum absolute atomic E-state index is 13.0. The van der Waals surface area contributed by atoms with E-state index in [1.165, 1.54) is 29.5 Å². The Morgan fingerprint density at radius 1 is 1.32 bits per heavy atom. The van der Waals surface area contributed by atoms with Crippen molar-refractivity contribution in [2.45, 2.75) is 82.8 Å². The smallest absolute Gasteiger partial charge is 0.174 e. The number of hydrogen-bond acceptors (Lipinski definition) is 4. The van der Waals surface area contributed by atoms with Crippen molar-refractivity contribution >= 4 is 5.78 Å². The summed E-state index contributed by atoms with van der Waals surface area (Å²) in [5, 5.41) is 3.94. The van der Waals surface area contributed by atoms with Crippen LogP contribution in [0.5, 0.6) is 11.5 Å². The van der Waals surface area contributed by atoms with Gasteiger partial charge >= 0.3 is 0 Å². The molecule has 4 heteroatoms. The van der Waals surface area contributed by atoms with E-state index in [-0.39, 0.29) is 17.3 Å². The zero-order valence-corrected chi connectivity index (χ0v) is 17.6. The molecule has 3 aliphatic carbocycles. The quantitative estimate of drug-likeness (QED) is 0.802. The Labute approximate surface area is 168 Å². The molecule has 0 spiro atoms. The van der Waals surface area contributed by atoms with Crippen LogP contribution < -0.4 is 14.8 Å². The van der Waals surface area contributed by atoms with Gasteiger partial charge in [-0.05, 0) is 73.6 Å². The molecular formula is C24H33NO3. The van der Waals surface area contributed by atoms with E-state index in [1.54, 1.807) is 7.11 Å². The second-order valence-electron chi connectivity index (χ2n) is 9.67. The van der Waals surface area contributed by atoms with Gasteiger partial charge in [-0.1, -0.05) is 20.8 Å². The number of nitrogens with one attached hydrogen (secondary N) is 1. The summed E-state index contributed by atoms with van der Waals surface area (Å²) in [4.78, 5) is 13.0. The predicted octanol–water partition coefficient (Wildman–Crippen LogP) is 4.13. The van der Waals surface area contributed by atoms with Crippen LogP contribution in [0.2, 0.25) is 0 Å². The van der Waals surface area contributed by atoms with Gasteiger partial charge in [0.05, 0.1) is 7.11 Å². The van der Waals surface area contributed by atoms with Crippen molar-refractivity contribution in [3.05, 3.63) is 22.8 Å². The molecule has 1 heterocycles. The normalized spacial score (nSPS) is 33.0. The van der Waals surface area contributed by atoms with Gasteiger partial charge in [0, 0.05) is 23.4 Å². The van der Waals surface area contributed by atoms with Crippen molar-refractivity contribution in [2.75, 3.05) is 13.7 Å². The van der Waals surface area contributed by atoms with Crippen molar-refractivity contribution in [3.8, 4) is 11.5 Å². The van der Waals surface area contributed by atoms with Crippen LogP contribution in [0.4, 0.5) is 0 Å². The molecule has 4 nitrogen and oxygen atoms in total. The highest BCUT2D eigenvalue weighted by molar-refractivity contribution is 5.89. The van der Waals surface area contributed by atoms with Gasteiger partial charge < -0.3 is 14.8 Å². The van der Waals surface area contributed by atoms with Gasteiger partial charge in [-0.25, -0.2) is 0 Å². The lowest BCUT2D eigenvalue weighted by molar-refractivity contribution is -0.134. The highest BCUT2D eigenvalue weighted by Gasteiger charge is 2.63. The number of methoxy groups -OCH3 is 1. The first-order valence-electron chi connectivity index (χ1n) is 11.2. The third-order valence-corrected chi connectivity index (χ3v) is 7.91. The van der Waals surface area contributed by atoms with Gasteiger partial charge in [0.15, 0.2) is 23.4 Å². The topological polar surface area (TPSA) is 47.6 Å². The minimum atomic E-state index is -0.341. The summed E-state index contributed by atoms with van der Waals surface area (Å²) in [5.41, 5.74) is 3.90. The monoisotopic (exact) mass is 383 g/mol. The number of carbonyl (C=O) groups excluding carboxylic acids is 1. The van der Waals surface area contributed by atoms with Gasteiger partial charge in [0.2, 0.25) is 0 Å². The first-order valence-corrected chi connectivity index (χ1v) is 11.2. The van der Waals surface area contributed by atoms with Crippen molar-refractivity contribution in [3.63, 3.8) is 0 Å². The number of rotatable bonds is 6. The Kier molecular flexibility index (Phi) is 4.28. The lowest BCUT2D eigenvalue weighted by Crippen LogP contribution is -2.61. The summed E-state index contributed by atoms with van der Waals surface area (Å²) in [6, 6.07) is 2.60. The molecule has 0 aromatic heterocycles. The van der Waals surface area contributed by atoms with E-state index in [1.807, 2.05) is 0 Å². The summed E-state index contributed by atoms with van der Waals surface area (Å²) in [5.74, 6) is 3.67. The molecule has 1 aromatic carbocycles. The minimum Gasteiger partial charge on any atom is -0.493 e. The molecule has 0 radical (unpaired) electrons. The molecule has 1 aliphatic heterocycles. The maximum Gasteiger partial charge on any atom is 0.174 e. The molecule has 28 heavy (non-hydrogen) atoms. The van der Waals surface area contributed by atoms with Gasteiger partial charge in [0.1, 0.15) is 0 Å². The van der Waals surface area contributed by atoms with E-state index < -0.39 is 0 Å². The molecule has 1 N–H and O–H groups in total. The SMILES string of the molecule is CC[C@@]12c3c4c(C(C)C)cc(OC)c3OC1C(=O)CCC2C(NCC1CC1)C4. The molecule has 4 aliphatic rings. The molecule has 0 bridgehead atoms. The lowest BCUT2D eigenvalue weighted by atomic mass is 9.53. The van der Waals surface area contributed by atoms with Crippen molar-refractivity contribution in [1.82, 2.24) is 5.32 Å². The molecule has 0 saturated heterocycles. The molecule has 0 amide bonds. The third-order valence-electron chi connectivity index (χ3n) is 7.91. The standard InChI is InChI=1S/C24H33NO3/c1-5-24-17-8-9-19(26)23(24)28-22-20(27-4)11-15(13(2)3)16(21(22)24)10-18(17)25-12-14-6-7-14/h11,13-14,17-18,23,25H,5-10,12H2,1-4H3/t17?,18?,23?,24-/m1/s1. The zero-order chi connectivity index (χ0) is 19.6. The Hall–Kier alpha value is -1.55. The van der Waals surface area contributed by atoms with Crippen LogP contribution in [0.1, 0.15) is 75.5 Å². The fourth-order valence-electron chi connectivity index (χ4n) is 6.37. The molecule has 152 valence electrons. The summed E-state index contributed by atoms with van der Waals surface area (Å²) >= 11 is 0. The van der Waals surface area contributed by atoms with Crippen molar-refractivity contribution in [2.24, 2.45) is 11.8 Å². The van der Waals surface area contributed by atoms with Gasteiger partial charge in [-0.2, -0.15) is 0 Å². The third kappa shape index (κ3) is 2.43. The van der Waals surface area contributed by atoms with Crippen LogP contribution in [-0.4, -0.2) is 31.6 Å². The Morgan fingerprint density at radius 3 is 2.75 bits per heavy atom. The minimum absolute atomic E-state index is 0.197. The van der Waals surface area contributed by atoms with E-state index >= 15 is 0 Å². The molecular weight excluding hydrogens is 350 g/mol. The van der Waals surface area contributed by atoms with E-state index in [4.69, 9.17) is 9.47 Å². The Morgan fingerprint density at radius 2 is 2.11 bits per heavy atom. The second-order valence-corrected chi connectivity index (χ2v) is 9.67. The van der Waals surface area contributed by atoms with Crippen LogP contribution in [-0.2, 0) is 16.6 Å². The molecule has 2 saturated carbocycles. The summed E-state index contributed by atoms with van der Waals surface area (Å²) < 4.78 is 12.2. The maximum atomic E-state index is 13.0. The van der Waals surface area contributed by atoms with E-state index in [2.05, 4.69) is 32.2 Å². The highest BCUT2D eigenvalue weighted by Crippen LogP contribution is 2.62. The van der Waals surface area contributed by atoms with E-state index in [9.17, 15) is 4.79 Å². The lowest BCUT2D eigenvalue weighted by Gasteiger charge is -2.51. The van der Waals surface area contributed by atoms with Gasteiger partial charge in [-0.15, -0.1) is 0 Å². The summed E-state index contributed by atoms with van der Waals surface area (Å²) in [6.07, 6.45) is 5.99. The number of benzene rings is 1. The van der Waals surface area contributed by atoms with Gasteiger partial charge in [-0.3, -0.25) is 4.79 Å². The molecule has 2 fully saturated rings.